The maximum atomic E-state index is 10.8. The van der Waals surface area contributed by atoms with Crippen LogP contribution in [0.1, 0.15) is 47.0 Å². The number of ketones is 2. The average Bonchev–Trinajstić information content (AvgIpc) is 2.14. The molecule has 0 saturated carbocycles. The molecule has 0 aliphatic rings. The second-order valence-electron chi connectivity index (χ2n) is 4.35. The lowest BCUT2D eigenvalue weighted by molar-refractivity contribution is -0.116. The first kappa shape index (κ1) is 15.7. The van der Waals surface area contributed by atoms with Gasteiger partial charge in [0, 0.05) is 37.4 Å². The molecule has 0 rings (SSSR count). The average molecular weight is 238 g/mol. The Labute approximate surface area is 103 Å². The lowest BCUT2D eigenvalue weighted by Crippen LogP contribution is -2.03. The van der Waals surface area contributed by atoms with Gasteiger partial charge >= 0.3 is 0 Å². The van der Waals surface area contributed by atoms with Crippen molar-refractivity contribution < 1.29 is 9.59 Å². The predicted octanol–water partition coefficient (Wildman–Crippen LogP) is 2.26. The lowest BCUT2D eigenvalue weighted by atomic mass is 10.2. The molecule has 0 N–H and O–H groups in total. The van der Waals surface area contributed by atoms with Gasteiger partial charge in [-0.2, -0.15) is 0 Å². The van der Waals surface area contributed by atoms with Crippen LogP contribution in [0.3, 0.4) is 0 Å². The molecule has 0 radical (unpaired) electrons. The molecule has 17 heavy (non-hydrogen) atoms. The largest absolute Gasteiger partial charge is 0.300 e. The molecule has 0 unspecified atom stereocenters. The number of aliphatic imine (C=N–C) groups is 2. The van der Waals surface area contributed by atoms with Gasteiger partial charge in [-0.15, -0.1) is 0 Å². The zero-order valence-corrected chi connectivity index (χ0v) is 11.2. The molecule has 0 bridgehead atoms. The summed E-state index contributed by atoms with van der Waals surface area (Å²) in [4.78, 5) is 30.2. The summed E-state index contributed by atoms with van der Waals surface area (Å²) in [6.07, 6.45) is 1.73. The minimum Gasteiger partial charge on any atom is -0.300 e. The Bertz CT molecular complexity index is 298. The highest BCUT2D eigenvalue weighted by molar-refractivity contribution is 6.00. The number of hydrogen-bond donors (Lipinski definition) is 0. The Balaban J connectivity index is 3.78. The van der Waals surface area contributed by atoms with Crippen LogP contribution in [0.25, 0.3) is 0 Å². The highest BCUT2D eigenvalue weighted by atomic mass is 16.1. The van der Waals surface area contributed by atoms with E-state index >= 15 is 0 Å². The van der Waals surface area contributed by atoms with Gasteiger partial charge in [0.05, 0.1) is 0 Å². The molecule has 0 atom stereocenters. The second kappa shape index (κ2) is 8.79. The van der Waals surface area contributed by atoms with Crippen molar-refractivity contribution in [2.45, 2.75) is 47.0 Å². The summed E-state index contributed by atoms with van der Waals surface area (Å²) < 4.78 is 0. The summed E-state index contributed by atoms with van der Waals surface area (Å²) in [5, 5.41) is 0. The second-order valence-corrected chi connectivity index (χ2v) is 4.35. The van der Waals surface area contributed by atoms with E-state index in [9.17, 15) is 9.59 Å². The van der Waals surface area contributed by atoms with Crippen LogP contribution in [0.4, 0.5) is 0 Å². The van der Waals surface area contributed by atoms with E-state index in [1.54, 1.807) is 13.8 Å². The van der Waals surface area contributed by atoms with Gasteiger partial charge in [-0.1, -0.05) is 0 Å². The summed E-state index contributed by atoms with van der Waals surface area (Å²) in [7, 11) is 0. The van der Waals surface area contributed by atoms with Crippen molar-refractivity contribution in [2.75, 3.05) is 13.1 Å². The number of Topliss-reactive ketones (excluding diaryl/α,β-unsaturated/α-hetero) is 2. The smallest absolute Gasteiger partial charge is 0.135 e. The normalized spacial score (nSPS) is 12.7. The molecule has 0 aliphatic carbocycles. The van der Waals surface area contributed by atoms with Crippen molar-refractivity contribution in [2.24, 2.45) is 9.98 Å². The van der Waals surface area contributed by atoms with Gasteiger partial charge in [0.25, 0.3) is 0 Å². The summed E-state index contributed by atoms with van der Waals surface area (Å²) in [6.45, 7) is 8.24. The first-order valence-electron chi connectivity index (χ1n) is 5.90. The van der Waals surface area contributed by atoms with Crippen molar-refractivity contribution in [1.29, 1.82) is 0 Å². The molecule has 0 aromatic rings. The third-order valence-corrected chi connectivity index (χ3v) is 2.09. The van der Waals surface area contributed by atoms with Gasteiger partial charge in [0.15, 0.2) is 0 Å². The van der Waals surface area contributed by atoms with Gasteiger partial charge in [-0.25, -0.2) is 0 Å². The molecule has 0 saturated heterocycles. The van der Waals surface area contributed by atoms with Crippen LogP contribution in [0.2, 0.25) is 0 Å². The molecule has 0 amide bonds. The number of rotatable bonds is 8. The third kappa shape index (κ3) is 11.0. The van der Waals surface area contributed by atoms with Crippen LogP contribution in [0.5, 0.6) is 0 Å². The summed E-state index contributed by atoms with van der Waals surface area (Å²) in [5.74, 6) is 0.281. The minimum atomic E-state index is 0.140. The molecule has 0 fully saturated rings. The Hall–Kier alpha value is -1.32. The van der Waals surface area contributed by atoms with E-state index < -0.39 is 0 Å². The number of carbonyl (C=O) groups excluding carboxylic acids is 2. The fraction of sp³-hybridized carbons (Fsp3) is 0.692. The molecular formula is C13H22N2O2. The van der Waals surface area contributed by atoms with Crippen LogP contribution >= 0.6 is 0 Å². The highest BCUT2D eigenvalue weighted by Gasteiger charge is 1.97. The van der Waals surface area contributed by atoms with E-state index in [0.29, 0.717) is 25.9 Å². The van der Waals surface area contributed by atoms with Crippen molar-refractivity contribution in [3.63, 3.8) is 0 Å². The third-order valence-electron chi connectivity index (χ3n) is 2.09. The molecule has 0 aliphatic heterocycles. The maximum Gasteiger partial charge on any atom is 0.135 e. The van der Waals surface area contributed by atoms with E-state index in [1.165, 1.54) is 0 Å². The van der Waals surface area contributed by atoms with Crippen molar-refractivity contribution in [1.82, 2.24) is 0 Å². The topological polar surface area (TPSA) is 58.9 Å². The van der Waals surface area contributed by atoms with E-state index in [4.69, 9.17) is 0 Å². The van der Waals surface area contributed by atoms with Gasteiger partial charge < -0.3 is 0 Å². The maximum absolute atomic E-state index is 10.8. The Morgan fingerprint density at radius 3 is 1.41 bits per heavy atom. The molecular weight excluding hydrogens is 216 g/mol. The molecule has 4 heteroatoms. The molecule has 0 heterocycles. The standard InChI is InChI=1S/C13H22N2O2/c1-10(8-12(3)16)14-6-5-7-15-11(2)9-13(4)17/h5-9H2,1-4H3. The molecule has 0 aromatic carbocycles. The molecule has 4 nitrogen and oxygen atoms in total. The first-order chi connectivity index (χ1) is 7.91. The predicted molar refractivity (Wildman–Crippen MR) is 71.2 cm³/mol. The van der Waals surface area contributed by atoms with Crippen molar-refractivity contribution in [3.05, 3.63) is 0 Å². The zero-order valence-electron chi connectivity index (χ0n) is 11.2. The highest BCUT2D eigenvalue weighted by Crippen LogP contribution is 1.93. The number of carbonyl (C=O) groups is 2. The van der Waals surface area contributed by atoms with Gasteiger partial charge in [0.2, 0.25) is 0 Å². The van der Waals surface area contributed by atoms with Gasteiger partial charge in [-0.3, -0.25) is 19.6 Å². The van der Waals surface area contributed by atoms with Gasteiger partial charge in [-0.05, 0) is 34.1 Å². The number of hydrogen-bond acceptors (Lipinski definition) is 4. The molecule has 0 aromatic heterocycles. The Morgan fingerprint density at radius 1 is 0.765 bits per heavy atom. The quantitative estimate of drug-likeness (QED) is 0.481. The lowest BCUT2D eigenvalue weighted by Gasteiger charge is -1.99. The van der Waals surface area contributed by atoms with Crippen molar-refractivity contribution >= 4 is 23.0 Å². The fourth-order valence-corrected chi connectivity index (χ4v) is 1.44. The summed E-state index contributed by atoms with van der Waals surface area (Å²) in [5.41, 5.74) is 1.75. The van der Waals surface area contributed by atoms with Gasteiger partial charge in [0.1, 0.15) is 11.6 Å². The molecule has 96 valence electrons. The van der Waals surface area contributed by atoms with Crippen LogP contribution in [0, 0.1) is 0 Å². The van der Waals surface area contributed by atoms with Crippen LogP contribution < -0.4 is 0 Å². The molecule has 0 spiro atoms. The van der Waals surface area contributed by atoms with Crippen LogP contribution in [-0.4, -0.2) is 36.1 Å². The minimum absolute atomic E-state index is 0.140. The SMILES string of the molecule is CC(=O)CC(C)=NCCCN=C(C)CC(C)=O. The van der Waals surface area contributed by atoms with Crippen LogP contribution in [0.15, 0.2) is 9.98 Å². The monoisotopic (exact) mass is 238 g/mol. The fourth-order valence-electron chi connectivity index (χ4n) is 1.44. The van der Waals surface area contributed by atoms with E-state index in [0.717, 1.165) is 17.8 Å². The zero-order chi connectivity index (χ0) is 13.3. The summed E-state index contributed by atoms with van der Waals surface area (Å²) in [6, 6.07) is 0. The van der Waals surface area contributed by atoms with E-state index in [-0.39, 0.29) is 11.6 Å². The number of nitrogens with zero attached hydrogens (tertiary/aromatic N) is 2. The Kier molecular flexibility index (Phi) is 8.11. The van der Waals surface area contributed by atoms with E-state index in [2.05, 4.69) is 9.98 Å². The van der Waals surface area contributed by atoms with E-state index in [1.807, 2.05) is 13.8 Å². The van der Waals surface area contributed by atoms with Crippen molar-refractivity contribution in [3.8, 4) is 0 Å². The Morgan fingerprint density at radius 2 is 1.12 bits per heavy atom. The van der Waals surface area contributed by atoms with Crippen LogP contribution in [-0.2, 0) is 9.59 Å². The summed E-state index contributed by atoms with van der Waals surface area (Å²) >= 11 is 0. The first-order valence-corrected chi connectivity index (χ1v) is 5.90.